The minimum atomic E-state index is 0.272. The van der Waals surface area contributed by atoms with Gasteiger partial charge in [0.2, 0.25) is 0 Å². The van der Waals surface area contributed by atoms with Gasteiger partial charge in [0.05, 0.1) is 35.5 Å². The standard InChI is InChI=1S/C16H14Cl3NO3/c1-21-15-7-11(6-14(19)16(15)22-2)8-20-23-9-10-3-4-12(17)13(18)5-10/h3-8H,9H2,1-2H3/b20-8-. The zero-order valence-electron chi connectivity index (χ0n) is 12.5. The second-order valence-electron chi connectivity index (χ2n) is 4.49. The maximum atomic E-state index is 6.12. The van der Waals surface area contributed by atoms with Crippen LogP contribution in [0.3, 0.4) is 0 Å². The van der Waals surface area contributed by atoms with Gasteiger partial charge < -0.3 is 14.3 Å². The molecule has 0 aliphatic rings. The molecule has 0 aliphatic heterocycles. The SMILES string of the molecule is COc1cc(/C=N\OCc2ccc(Cl)c(Cl)c2)cc(Cl)c1OC. The zero-order valence-corrected chi connectivity index (χ0v) is 14.7. The lowest BCUT2D eigenvalue weighted by Gasteiger charge is -2.09. The largest absolute Gasteiger partial charge is 0.493 e. The number of hydrogen-bond acceptors (Lipinski definition) is 4. The molecule has 4 nitrogen and oxygen atoms in total. The van der Waals surface area contributed by atoms with Crippen molar-refractivity contribution >= 4 is 41.0 Å². The van der Waals surface area contributed by atoms with Gasteiger partial charge in [-0.25, -0.2) is 0 Å². The van der Waals surface area contributed by atoms with Crippen LogP contribution in [0.25, 0.3) is 0 Å². The Balaban J connectivity index is 2.03. The first-order valence-electron chi connectivity index (χ1n) is 6.56. The quantitative estimate of drug-likeness (QED) is 0.514. The van der Waals surface area contributed by atoms with Crippen LogP contribution < -0.4 is 9.47 Å². The monoisotopic (exact) mass is 373 g/mol. The number of ether oxygens (including phenoxy) is 2. The molecule has 0 heterocycles. The molecule has 0 aromatic heterocycles. The minimum absolute atomic E-state index is 0.272. The molecule has 0 saturated heterocycles. The van der Waals surface area contributed by atoms with Gasteiger partial charge in [-0.15, -0.1) is 0 Å². The molecule has 0 aliphatic carbocycles. The summed E-state index contributed by atoms with van der Waals surface area (Å²) in [6, 6.07) is 8.70. The van der Waals surface area contributed by atoms with Crippen LogP contribution in [0.5, 0.6) is 11.5 Å². The summed E-state index contributed by atoms with van der Waals surface area (Å²) in [7, 11) is 3.06. The van der Waals surface area contributed by atoms with Crippen LogP contribution in [-0.2, 0) is 11.4 Å². The maximum Gasteiger partial charge on any atom is 0.179 e. The molecular weight excluding hydrogens is 361 g/mol. The van der Waals surface area contributed by atoms with Gasteiger partial charge in [0.25, 0.3) is 0 Å². The van der Waals surface area contributed by atoms with Crippen molar-refractivity contribution in [1.29, 1.82) is 0 Å². The summed E-state index contributed by atoms with van der Waals surface area (Å²) in [6.45, 7) is 0.272. The van der Waals surface area contributed by atoms with E-state index in [4.69, 9.17) is 49.1 Å². The third kappa shape index (κ3) is 4.67. The molecule has 0 saturated carbocycles. The van der Waals surface area contributed by atoms with Gasteiger partial charge in [0.15, 0.2) is 11.5 Å². The first-order chi connectivity index (χ1) is 11.0. The van der Waals surface area contributed by atoms with E-state index in [1.54, 1.807) is 24.3 Å². The molecule has 2 aromatic rings. The van der Waals surface area contributed by atoms with Gasteiger partial charge in [-0.1, -0.05) is 46.0 Å². The van der Waals surface area contributed by atoms with E-state index >= 15 is 0 Å². The average molecular weight is 375 g/mol. The van der Waals surface area contributed by atoms with Crippen LogP contribution >= 0.6 is 34.8 Å². The van der Waals surface area contributed by atoms with Crippen molar-refractivity contribution in [3.63, 3.8) is 0 Å². The third-order valence-corrected chi connectivity index (χ3v) is 3.97. The number of halogens is 3. The van der Waals surface area contributed by atoms with Crippen molar-refractivity contribution in [3.8, 4) is 11.5 Å². The first kappa shape index (κ1) is 17.7. The fourth-order valence-corrected chi connectivity index (χ4v) is 2.47. The van der Waals surface area contributed by atoms with E-state index in [-0.39, 0.29) is 6.61 Å². The van der Waals surface area contributed by atoms with Gasteiger partial charge in [0, 0.05) is 5.56 Å². The van der Waals surface area contributed by atoms with E-state index in [0.29, 0.717) is 26.6 Å². The fraction of sp³-hybridized carbons (Fsp3) is 0.188. The Hall–Kier alpha value is -1.62. The number of oxime groups is 1. The second kappa shape index (κ2) is 8.29. The summed E-state index contributed by atoms with van der Waals surface area (Å²) >= 11 is 17.9. The Bertz CT molecular complexity index is 720. The summed E-state index contributed by atoms with van der Waals surface area (Å²) in [6.07, 6.45) is 1.53. The van der Waals surface area contributed by atoms with Gasteiger partial charge in [-0.05, 0) is 29.8 Å². The van der Waals surface area contributed by atoms with Crippen LogP contribution in [0.1, 0.15) is 11.1 Å². The van der Waals surface area contributed by atoms with E-state index < -0.39 is 0 Å². The summed E-state index contributed by atoms with van der Waals surface area (Å²) in [5.74, 6) is 0.994. The number of methoxy groups -OCH3 is 2. The van der Waals surface area contributed by atoms with Crippen molar-refractivity contribution in [2.75, 3.05) is 14.2 Å². The van der Waals surface area contributed by atoms with E-state index in [1.807, 2.05) is 6.07 Å². The molecule has 0 unspecified atom stereocenters. The van der Waals surface area contributed by atoms with Crippen LogP contribution in [0.15, 0.2) is 35.5 Å². The molecule has 0 fully saturated rings. The highest BCUT2D eigenvalue weighted by molar-refractivity contribution is 6.42. The molecule has 0 spiro atoms. The minimum Gasteiger partial charge on any atom is -0.493 e. The fourth-order valence-electron chi connectivity index (χ4n) is 1.85. The Morgan fingerprint density at radius 2 is 1.74 bits per heavy atom. The maximum absolute atomic E-state index is 6.12. The van der Waals surface area contributed by atoms with Crippen molar-refractivity contribution in [2.24, 2.45) is 5.16 Å². The Labute approximate surface area is 149 Å². The van der Waals surface area contributed by atoms with Gasteiger partial charge in [-0.3, -0.25) is 0 Å². The lowest BCUT2D eigenvalue weighted by atomic mass is 10.2. The predicted octanol–water partition coefficient (Wildman–Crippen LogP) is 5.21. The molecule has 23 heavy (non-hydrogen) atoms. The van der Waals surface area contributed by atoms with Crippen molar-refractivity contribution < 1.29 is 14.3 Å². The van der Waals surface area contributed by atoms with Crippen LogP contribution in [-0.4, -0.2) is 20.4 Å². The number of benzene rings is 2. The van der Waals surface area contributed by atoms with Crippen molar-refractivity contribution in [3.05, 3.63) is 56.5 Å². The Morgan fingerprint density at radius 1 is 0.957 bits per heavy atom. The highest BCUT2D eigenvalue weighted by Gasteiger charge is 2.10. The molecule has 2 rings (SSSR count). The Morgan fingerprint density at radius 3 is 2.39 bits per heavy atom. The van der Waals surface area contributed by atoms with Crippen LogP contribution in [0.4, 0.5) is 0 Å². The van der Waals surface area contributed by atoms with E-state index in [1.165, 1.54) is 20.4 Å². The number of nitrogens with zero attached hydrogens (tertiary/aromatic N) is 1. The first-order valence-corrected chi connectivity index (χ1v) is 7.69. The average Bonchev–Trinajstić information content (AvgIpc) is 2.54. The summed E-state index contributed by atoms with van der Waals surface area (Å²) in [5.41, 5.74) is 1.59. The molecule has 7 heteroatoms. The van der Waals surface area contributed by atoms with Gasteiger partial charge in [-0.2, -0.15) is 0 Å². The van der Waals surface area contributed by atoms with E-state index in [9.17, 15) is 0 Å². The summed E-state index contributed by atoms with van der Waals surface area (Å²) < 4.78 is 10.4. The lowest BCUT2D eigenvalue weighted by molar-refractivity contribution is 0.132. The van der Waals surface area contributed by atoms with E-state index in [2.05, 4.69) is 5.16 Å². The second-order valence-corrected chi connectivity index (χ2v) is 5.72. The van der Waals surface area contributed by atoms with Crippen molar-refractivity contribution in [1.82, 2.24) is 0 Å². The zero-order chi connectivity index (χ0) is 16.8. The van der Waals surface area contributed by atoms with E-state index in [0.717, 1.165) is 11.1 Å². The highest BCUT2D eigenvalue weighted by atomic mass is 35.5. The topological polar surface area (TPSA) is 40.0 Å². The predicted molar refractivity (Wildman–Crippen MR) is 93.4 cm³/mol. The lowest BCUT2D eigenvalue weighted by Crippen LogP contribution is -1.94. The molecule has 0 bridgehead atoms. The number of rotatable bonds is 6. The van der Waals surface area contributed by atoms with Crippen LogP contribution in [0, 0.1) is 0 Å². The Kier molecular flexibility index (Phi) is 6.39. The van der Waals surface area contributed by atoms with Crippen LogP contribution in [0.2, 0.25) is 15.1 Å². The molecule has 0 radical (unpaired) electrons. The number of hydrogen-bond donors (Lipinski definition) is 0. The molecule has 2 aromatic carbocycles. The molecule has 0 amide bonds. The third-order valence-electron chi connectivity index (χ3n) is 2.95. The molecule has 122 valence electrons. The molecule has 0 atom stereocenters. The molecule has 0 N–H and O–H groups in total. The van der Waals surface area contributed by atoms with Gasteiger partial charge in [0.1, 0.15) is 6.61 Å². The molecular formula is C16H14Cl3NO3. The highest BCUT2D eigenvalue weighted by Crippen LogP contribution is 2.35. The van der Waals surface area contributed by atoms with Crippen molar-refractivity contribution in [2.45, 2.75) is 6.61 Å². The smallest absolute Gasteiger partial charge is 0.179 e. The normalized spacial score (nSPS) is 10.8. The summed E-state index contributed by atoms with van der Waals surface area (Å²) in [5, 5.41) is 5.31. The summed E-state index contributed by atoms with van der Waals surface area (Å²) in [4.78, 5) is 5.24. The van der Waals surface area contributed by atoms with Gasteiger partial charge >= 0.3 is 0 Å².